The van der Waals surface area contributed by atoms with Crippen molar-refractivity contribution >= 4 is 34.1 Å². The van der Waals surface area contributed by atoms with Crippen molar-refractivity contribution in [3.8, 4) is 0 Å². The number of carbonyl (C=O) groups is 1. The fourth-order valence-corrected chi connectivity index (χ4v) is 2.69. The first-order chi connectivity index (χ1) is 10.1. The molecule has 3 N–H and O–H groups in total. The highest BCUT2D eigenvalue weighted by Crippen LogP contribution is 2.28. The van der Waals surface area contributed by atoms with E-state index in [1.54, 1.807) is 12.3 Å². The van der Waals surface area contributed by atoms with E-state index >= 15 is 0 Å². The van der Waals surface area contributed by atoms with Crippen molar-refractivity contribution in [1.82, 2.24) is 4.98 Å². The van der Waals surface area contributed by atoms with E-state index in [1.807, 2.05) is 18.2 Å². The molecule has 1 aromatic carbocycles. The van der Waals surface area contributed by atoms with Gasteiger partial charge < -0.3 is 15.8 Å². The number of pyridine rings is 1. The van der Waals surface area contributed by atoms with Crippen LogP contribution in [0.3, 0.4) is 0 Å². The van der Waals surface area contributed by atoms with Gasteiger partial charge in [-0.15, -0.1) is 0 Å². The molecule has 0 spiro atoms. The maximum atomic E-state index is 12.5. The Balaban J connectivity index is 1.92. The average Bonchev–Trinajstić information content (AvgIpc) is 2.47. The minimum atomic E-state index is -0.901. The van der Waals surface area contributed by atoms with Crippen LogP contribution < -0.4 is 11.1 Å². The Hall–Kier alpha value is -1.69. The van der Waals surface area contributed by atoms with Crippen LogP contribution in [0.25, 0.3) is 10.9 Å². The minimum Gasteiger partial charge on any atom is -0.381 e. The fourth-order valence-electron chi connectivity index (χ4n) is 2.46. The summed E-state index contributed by atoms with van der Waals surface area (Å²) >= 11 is 6.10. The number of fused-ring (bicyclic) bond motifs is 1. The maximum Gasteiger partial charge on any atom is 0.244 e. The van der Waals surface area contributed by atoms with Gasteiger partial charge in [-0.05, 0) is 31.0 Å². The molecule has 0 saturated carbocycles. The lowest BCUT2D eigenvalue weighted by molar-refractivity contribution is -0.124. The molecule has 21 heavy (non-hydrogen) atoms. The van der Waals surface area contributed by atoms with E-state index in [9.17, 15) is 4.79 Å². The zero-order valence-electron chi connectivity index (χ0n) is 11.4. The summed E-state index contributed by atoms with van der Waals surface area (Å²) in [6.07, 6.45) is 2.69. The van der Waals surface area contributed by atoms with Crippen LogP contribution in [0.15, 0.2) is 30.5 Å². The molecule has 1 aliphatic rings. The predicted molar refractivity (Wildman–Crippen MR) is 82.4 cm³/mol. The highest BCUT2D eigenvalue weighted by molar-refractivity contribution is 6.32. The maximum absolute atomic E-state index is 12.5. The lowest BCUT2D eigenvalue weighted by Gasteiger charge is -2.31. The van der Waals surface area contributed by atoms with Gasteiger partial charge in [0, 0.05) is 29.8 Å². The van der Waals surface area contributed by atoms with Crippen LogP contribution in [-0.4, -0.2) is 29.6 Å². The molecule has 6 heteroatoms. The van der Waals surface area contributed by atoms with Crippen molar-refractivity contribution in [2.75, 3.05) is 18.5 Å². The molecule has 0 radical (unpaired) electrons. The molecule has 1 amide bonds. The lowest BCUT2D eigenvalue weighted by atomic mass is 9.90. The Bertz CT molecular complexity index is 684. The van der Waals surface area contributed by atoms with Crippen molar-refractivity contribution in [1.29, 1.82) is 0 Å². The molecule has 5 nitrogen and oxygen atoms in total. The molecule has 1 fully saturated rings. The summed E-state index contributed by atoms with van der Waals surface area (Å²) in [4.78, 5) is 16.8. The number of hydrogen-bond donors (Lipinski definition) is 2. The molecule has 2 heterocycles. The molecule has 1 aromatic heterocycles. The molecule has 0 bridgehead atoms. The van der Waals surface area contributed by atoms with Gasteiger partial charge in [0.15, 0.2) is 0 Å². The summed E-state index contributed by atoms with van der Waals surface area (Å²) in [5.41, 5.74) is 6.57. The highest BCUT2D eigenvalue weighted by atomic mass is 35.5. The van der Waals surface area contributed by atoms with Crippen molar-refractivity contribution in [2.24, 2.45) is 5.73 Å². The third-order valence-corrected chi connectivity index (χ3v) is 3.97. The third kappa shape index (κ3) is 2.85. The number of halogens is 1. The first-order valence-corrected chi connectivity index (χ1v) is 7.19. The second-order valence-electron chi connectivity index (χ2n) is 5.25. The third-order valence-electron chi connectivity index (χ3n) is 3.76. The Morgan fingerprint density at radius 3 is 2.90 bits per heavy atom. The van der Waals surface area contributed by atoms with Gasteiger partial charge in [-0.25, -0.2) is 0 Å². The van der Waals surface area contributed by atoms with Gasteiger partial charge in [-0.3, -0.25) is 9.78 Å². The number of aromatic nitrogens is 1. The normalized spacial score (nSPS) is 17.6. The topological polar surface area (TPSA) is 77.2 Å². The van der Waals surface area contributed by atoms with Gasteiger partial charge in [0.1, 0.15) is 5.54 Å². The van der Waals surface area contributed by atoms with E-state index in [1.165, 1.54) is 0 Å². The number of nitrogens with two attached hydrogens (primary N) is 1. The van der Waals surface area contributed by atoms with Crippen LogP contribution in [0, 0.1) is 0 Å². The summed E-state index contributed by atoms with van der Waals surface area (Å²) in [6, 6.07) is 7.23. The summed E-state index contributed by atoms with van der Waals surface area (Å²) in [6.45, 7) is 0.997. The van der Waals surface area contributed by atoms with Gasteiger partial charge >= 0.3 is 0 Å². The number of rotatable bonds is 2. The summed E-state index contributed by atoms with van der Waals surface area (Å²) in [5.74, 6) is -0.222. The highest BCUT2D eigenvalue weighted by Gasteiger charge is 2.36. The lowest BCUT2D eigenvalue weighted by Crippen LogP contribution is -2.54. The fraction of sp³-hybridized carbons (Fsp3) is 0.333. The Labute approximate surface area is 127 Å². The standard InChI is InChI=1S/C15H16ClN3O2/c16-11-8-10-2-1-5-18-13(10)12(9-11)19-14(20)15(17)3-6-21-7-4-15/h1-2,5,8-9H,3-4,6-7,17H2,(H,19,20). The molecule has 110 valence electrons. The van der Waals surface area contributed by atoms with Gasteiger partial charge in [0.2, 0.25) is 5.91 Å². The van der Waals surface area contributed by atoms with Crippen molar-refractivity contribution < 1.29 is 9.53 Å². The first kappa shape index (κ1) is 14.3. The van der Waals surface area contributed by atoms with E-state index in [2.05, 4.69) is 10.3 Å². The number of ether oxygens (including phenoxy) is 1. The van der Waals surface area contributed by atoms with Crippen LogP contribution in [0.4, 0.5) is 5.69 Å². The van der Waals surface area contributed by atoms with Crippen LogP contribution in [0.2, 0.25) is 5.02 Å². The Morgan fingerprint density at radius 2 is 2.14 bits per heavy atom. The van der Waals surface area contributed by atoms with Gasteiger partial charge in [0.05, 0.1) is 11.2 Å². The van der Waals surface area contributed by atoms with Crippen LogP contribution in [0.1, 0.15) is 12.8 Å². The zero-order valence-corrected chi connectivity index (χ0v) is 12.2. The number of benzene rings is 1. The molecule has 0 aliphatic carbocycles. The van der Waals surface area contributed by atoms with E-state index in [0.717, 1.165) is 5.39 Å². The number of nitrogens with one attached hydrogen (secondary N) is 1. The van der Waals surface area contributed by atoms with Gasteiger partial charge in [0.25, 0.3) is 0 Å². The quantitative estimate of drug-likeness (QED) is 0.892. The van der Waals surface area contributed by atoms with Crippen LogP contribution in [0.5, 0.6) is 0 Å². The summed E-state index contributed by atoms with van der Waals surface area (Å²) < 4.78 is 5.26. The minimum absolute atomic E-state index is 0.222. The van der Waals surface area contributed by atoms with Gasteiger partial charge in [-0.2, -0.15) is 0 Å². The van der Waals surface area contributed by atoms with E-state index in [-0.39, 0.29) is 5.91 Å². The number of hydrogen-bond acceptors (Lipinski definition) is 4. The largest absolute Gasteiger partial charge is 0.381 e. The summed E-state index contributed by atoms with van der Waals surface area (Å²) in [7, 11) is 0. The second-order valence-corrected chi connectivity index (χ2v) is 5.69. The zero-order chi connectivity index (χ0) is 14.9. The molecule has 0 unspecified atom stereocenters. The monoisotopic (exact) mass is 305 g/mol. The number of amides is 1. The predicted octanol–water partition coefficient (Wildman–Crippen LogP) is 2.33. The van der Waals surface area contributed by atoms with E-state index in [4.69, 9.17) is 22.1 Å². The molecule has 3 rings (SSSR count). The number of anilines is 1. The smallest absolute Gasteiger partial charge is 0.244 e. The Kier molecular flexibility index (Phi) is 3.80. The van der Waals surface area contributed by atoms with Crippen molar-refractivity contribution in [3.63, 3.8) is 0 Å². The molecule has 2 aromatic rings. The average molecular weight is 306 g/mol. The van der Waals surface area contributed by atoms with E-state index in [0.29, 0.717) is 42.3 Å². The SMILES string of the molecule is NC1(C(=O)Nc2cc(Cl)cc3cccnc23)CCOCC1. The summed E-state index contributed by atoms with van der Waals surface area (Å²) in [5, 5.41) is 4.29. The van der Waals surface area contributed by atoms with Gasteiger partial charge in [-0.1, -0.05) is 17.7 Å². The van der Waals surface area contributed by atoms with E-state index < -0.39 is 5.54 Å². The molecular formula is C15H16ClN3O2. The first-order valence-electron chi connectivity index (χ1n) is 6.81. The van der Waals surface area contributed by atoms with Crippen molar-refractivity contribution in [3.05, 3.63) is 35.5 Å². The van der Waals surface area contributed by atoms with Crippen LogP contribution >= 0.6 is 11.6 Å². The van der Waals surface area contributed by atoms with Crippen LogP contribution in [-0.2, 0) is 9.53 Å². The molecule has 1 aliphatic heterocycles. The van der Waals surface area contributed by atoms with Crippen molar-refractivity contribution in [2.45, 2.75) is 18.4 Å². The number of nitrogens with zero attached hydrogens (tertiary/aromatic N) is 1. The molecule has 1 saturated heterocycles. The number of carbonyl (C=O) groups excluding carboxylic acids is 1. The Morgan fingerprint density at radius 1 is 1.38 bits per heavy atom. The molecule has 0 atom stereocenters. The molecular weight excluding hydrogens is 290 g/mol. The second kappa shape index (κ2) is 5.60.